The minimum atomic E-state index is -3.11. The van der Waals surface area contributed by atoms with Gasteiger partial charge in [0, 0.05) is 24.9 Å². The van der Waals surface area contributed by atoms with Crippen molar-refractivity contribution in [2.24, 2.45) is 0 Å². The van der Waals surface area contributed by atoms with Crippen molar-refractivity contribution < 1.29 is 13.2 Å². The quantitative estimate of drug-likeness (QED) is 0.614. The van der Waals surface area contributed by atoms with Gasteiger partial charge in [-0.15, -0.1) is 0 Å². The lowest BCUT2D eigenvalue weighted by Crippen LogP contribution is -2.27. The monoisotopic (exact) mass is 388 g/mol. The lowest BCUT2D eigenvalue weighted by Gasteiger charge is -2.08. The summed E-state index contributed by atoms with van der Waals surface area (Å²) in [6, 6.07) is 15.3. The zero-order valence-electron chi connectivity index (χ0n) is 16.0. The number of carbonyl (C=O) groups excluding carboxylic acids is 1. The van der Waals surface area contributed by atoms with Crippen LogP contribution in [0.2, 0.25) is 0 Å². The van der Waals surface area contributed by atoms with Crippen LogP contribution < -0.4 is 10.6 Å². The molecule has 0 aromatic heterocycles. The first-order chi connectivity index (χ1) is 12.9. The molecule has 1 amide bonds. The maximum Gasteiger partial charge on any atom is 0.251 e. The molecule has 2 rings (SSSR count). The van der Waals surface area contributed by atoms with Gasteiger partial charge in [-0.05, 0) is 48.2 Å². The van der Waals surface area contributed by atoms with Crippen LogP contribution in [0.3, 0.4) is 0 Å². The van der Waals surface area contributed by atoms with Crippen molar-refractivity contribution in [2.75, 3.05) is 19.3 Å². The standard InChI is InChI=1S/C21H28N2O3S/c1-3-17-7-4-8-18(13-17)15-22-11-6-12-23-21(24)20-10-5-9-19(14-20)16-27(2,25)26/h4-5,7-10,13-14,22H,3,6,11-12,15-16H2,1-2H3,(H,23,24). The van der Waals surface area contributed by atoms with Crippen LogP contribution in [0.15, 0.2) is 48.5 Å². The van der Waals surface area contributed by atoms with Crippen molar-refractivity contribution in [3.63, 3.8) is 0 Å². The van der Waals surface area contributed by atoms with E-state index in [1.165, 1.54) is 17.4 Å². The zero-order valence-corrected chi connectivity index (χ0v) is 16.8. The average Bonchev–Trinajstić information content (AvgIpc) is 2.63. The predicted molar refractivity (Wildman–Crippen MR) is 109 cm³/mol. The molecule has 0 aliphatic carbocycles. The second-order valence-electron chi connectivity index (χ2n) is 6.73. The molecular formula is C21H28N2O3S. The van der Waals surface area contributed by atoms with E-state index in [1.54, 1.807) is 24.3 Å². The average molecular weight is 389 g/mol. The van der Waals surface area contributed by atoms with E-state index in [0.29, 0.717) is 17.7 Å². The van der Waals surface area contributed by atoms with Crippen molar-refractivity contribution in [1.29, 1.82) is 0 Å². The molecule has 0 aliphatic heterocycles. The topological polar surface area (TPSA) is 75.3 Å². The Labute approximate surface area is 162 Å². The zero-order chi connectivity index (χ0) is 19.7. The molecule has 0 saturated carbocycles. The molecule has 0 saturated heterocycles. The summed E-state index contributed by atoms with van der Waals surface area (Å²) >= 11 is 0. The van der Waals surface area contributed by atoms with Crippen LogP contribution in [0.5, 0.6) is 0 Å². The fraction of sp³-hybridized carbons (Fsp3) is 0.381. The van der Waals surface area contributed by atoms with Gasteiger partial charge in [-0.2, -0.15) is 0 Å². The Kier molecular flexibility index (Phi) is 8.00. The molecule has 6 heteroatoms. The first-order valence-corrected chi connectivity index (χ1v) is 11.3. The molecule has 0 aliphatic rings. The number of sulfone groups is 1. The van der Waals surface area contributed by atoms with Crippen molar-refractivity contribution in [3.8, 4) is 0 Å². The molecule has 0 fully saturated rings. The van der Waals surface area contributed by atoms with Crippen molar-refractivity contribution >= 4 is 15.7 Å². The van der Waals surface area contributed by atoms with Gasteiger partial charge in [-0.3, -0.25) is 4.79 Å². The largest absolute Gasteiger partial charge is 0.352 e. The van der Waals surface area contributed by atoms with Crippen LogP contribution in [-0.2, 0) is 28.6 Å². The van der Waals surface area contributed by atoms with Crippen LogP contribution >= 0.6 is 0 Å². The van der Waals surface area contributed by atoms with Gasteiger partial charge in [-0.1, -0.05) is 43.3 Å². The van der Waals surface area contributed by atoms with Crippen LogP contribution in [0, 0.1) is 0 Å². The van der Waals surface area contributed by atoms with Gasteiger partial charge >= 0.3 is 0 Å². The smallest absolute Gasteiger partial charge is 0.251 e. The third-order valence-corrected chi connectivity index (χ3v) is 5.02. The highest BCUT2D eigenvalue weighted by molar-refractivity contribution is 7.89. The molecule has 2 N–H and O–H groups in total. The fourth-order valence-electron chi connectivity index (χ4n) is 2.81. The van der Waals surface area contributed by atoms with Crippen molar-refractivity contribution in [1.82, 2.24) is 10.6 Å². The van der Waals surface area contributed by atoms with Gasteiger partial charge < -0.3 is 10.6 Å². The number of carbonyl (C=O) groups is 1. The summed E-state index contributed by atoms with van der Waals surface area (Å²) in [6.45, 7) is 4.34. The molecule has 2 aromatic rings. The molecule has 0 radical (unpaired) electrons. The van der Waals surface area contributed by atoms with E-state index in [-0.39, 0.29) is 11.7 Å². The minimum Gasteiger partial charge on any atom is -0.352 e. The number of rotatable bonds is 10. The summed E-state index contributed by atoms with van der Waals surface area (Å²) in [7, 11) is -3.11. The second-order valence-corrected chi connectivity index (χ2v) is 8.87. The van der Waals surface area contributed by atoms with E-state index >= 15 is 0 Å². The Balaban J connectivity index is 1.71. The van der Waals surface area contributed by atoms with E-state index in [0.717, 1.165) is 25.9 Å². The molecular weight excluding hydrogens is 360 g/mol. The fourth-order valence-corrected chi connectivity index (χ4v) is 3.60. The minimum absolute atomic E-state index is 0.0583. The molecule has 0 bridgehead atoms. The Morgan fingerprint density at radius 3 is 2.41 bits per heavy atom. The highest BCUT2D eigenvalue weighted by Gasteiger charge is 2.09. The van der Waals surface area contributed by atoms with E-state index < -0.39 is 9.84 Å². The number of amides is 1. The third-order valence-electron chi connectivity index (χ3n) is 4.16. The number of nitrogens with one attached hydrogen (secondary N) is 2. The third kappa shape index (κ3) is 7.93. The van der Waals surface area contributed by atoms with E-state index in [9.17, 15) is 13.2 Å². The van der Waals surface area contributed by atoms with Gasteiger partial charge in [-0.25, -0.2) is 8.42 Å². The predicted octanol–water partition coefficient (Wildman–Crippen LogP) is 2.70. The van der Waals surface area contributed by atoms with Crippen LogP contribution in [0.1, 0.15) is 40.4 Å². The maximum absolute atomic E-state index is 12.2. The molecule has 146 valence electrons. The first-order valence-electron chi connectivity index (χ1n) is 9.21. The van der Waals surface area contributed by atoms with Gasteiger partial charge in [0.2, 0.25) is 0 Å². The van der Waals surface area contributed by atoms with Gasteiger partial charge in [0.25, 0.3) is 5.91 Å². The lowest BCUT2D eigenvalue weighted by molar-refractivity contribution is 0.0953. The Bertz CT molecular complexity index is 863. The molecule has 2 aromatic carbocycles. The lowest BCUT2D eigenvalue weighted by atomic mass is 10.1. The SMILES string of the molecule is CCc1cccc(CNCCCNC(=O)c2cccc(CS(C)(=O)=O)c2)c1. The van der Waals surface area contributed by atoms with Crippen LogP contribution in [-0.4, -0.2) is 33.7 Å². The highest BCUT2D eigenvalue weighted by atomic mass is 32.2. The van der Waals surface area contributed by atoms with Gasteiger partial charge in [0.05, 0.1) is 5.75 Å². The van der Waals surface area contributed by atoms with Crippen LogP contribution in [0.4, 0.5) is 0 Å². The molecule has 0 atom stereocenters. The molecule has 0 unspecified atom stereocenters. The summed E-state index contributed by atoms with van der Waals surface area (Å²) in [4.78, 5) is 12.2. The van der Waals surface area contributed by atoms with Crippen molar-refractivity contribution in [2.45, 2.75) is 32.1 Å². The number of hydrogen-bond donors (Lipinski definition) is 2. The highest BCUT2D eigenvalue weighted by Crippen LogP contribution is 2.09. The summed E-state index contributed by atoms with van der Waals surface area (Å²) in [5, 5.41) is 6.26. The number of hydrogen-bond acceptors (Lipinski definition) is 4. The Morgan fingerprint density at radius 1 is 0.963 bits per heavy atom. The number of benzene rings is 2. The maximum atomic E-state index is 12.2. The summed E-state index contributed by atoms with van der Waals surface area (Å²) < 4.78 is 22.8. The van der Waals surface area contributed by atoms with Crippen molar-refractivity contribution in [3.05, 3.63) is 70.8 Å². The van der Waals surface area contributed by atoms with Crippen LogP contribution in [0.25, 0.3) is 0 Å². The molecule has 0 spiro atoms. The van der Waals surface area contributed by atoms with Gasteiger partial charge in [0.15, 0.2) is 9.84 Å². The Hall–Kier alpha value is -2.18. The van der Waals surface area contributed by atoms with Gasteiger partial charge in [0.1, 0.15) is 0 Å². The summed E-state index contributed by atoms with van der Waals surface area (Å²) in [6.07, 6.45) is 3.04. The first kappa shape index (κ1) is 21.1. The Morgan fingerprint density at radius 2 is 1.67 bits per heavy atom. The van der Waals surface area contributed by atoms with E-state index in [4.69, 9.17) is 0 Å². The molecule has 5 nitrogen and oxygen atoms in total. The normalized spacial score (nSPS) is 11.3. The summed E-state index contributed by atoms with van der Waals surface area (Å²) in [5.74, 6) is -0.238. The number of aryl methyl sites for hydroxylation is 1. The van der Waals surface area contributed by atoms with E-state index in [2.05, 4.69) is 41.8 Å². The molecule has 0 heterocycles. The molecule has 27 heavy (non-hydrogen) atoms. The second kappa shape index (κ2) is 10.2. The van der Waals surface area contributed by atoms with E-state index in [1.807, 2.05) is 0 Å². The summed E-state index contributed by atoms with van der Waals surface area (Å²) in [5.41, 5.74) is 3.71.